The highest BCUT2D eigenvalue weighted by Gasteiger charge is 2.18. The summed E-state index contributed by atoms with van der Waals surface area (Å²) in [6.45, 7) is 4.04. The summed E-state index contributed by atoms with van der Waals surface area (Å²) in [6.07, 6.45) is 0. The molecular weight excluding hydrogens is 338 g/mol. The van der Waals surface area contributed by atoms with Gasteiger partial charge in [0.2, 0.25) is 10.0 Å². The highest BCUT2D eigenvalue weighted by atomic mass is 32.2. The number of aryl methyl sites for hydroxylation is 1. The van der Waals surface area contributed by atoms with Crippen LogP contribution in [0.15, 0.2) is 53.4 Å². The summed E-state index contributed by atoms with van der Waals surface area (Å²) in [6, 6.07) is 13.5. The molecule has 0 spiro atoms. The van der Waals surface area contributed by atoms with E-state index in [1.807, 2.05) is 30.3 Å². The van der Waals surface area contributed by atoms with Crippen LogP contribution in [-0.4, -0.2) is 26.9 Å². The van der Waals surface area contributed by atoms with E-state index in [1.54, 1.807) is 19.9 Å². The SMILES string of the molecule is Cc1ccc(S(=O)(=O)NCc2ccccc2)cc1C(=O)N[C@@H](C)CN. The Hall–Kier alpha value is -2.22. The first-order valence-corrected chi connectivity index (χ1v) is 9.47. The lowest BCUT2D eigenvalue weighted by atomic mass is 10.1. The molecule has 2 aromatic carbocycles. The molecule has 0 aliphatic carbocycles. The smallest absolute Gasteiger partial charge is 0.251 e. The molecule has 2 aromatic rings. The van der Waals surface area contributed by atoms with E-state index in [9.17, 15) is 13.2 Å². The molecule has 0 fully saturated rings. The van der Waals surface area contributed by atoms with Gasteiger partial charge >= 0.3 is 0 Å². The average molecular weight is 361 g/mol. The molecule has 0 heterocycles. The molecule has 4 N–H and O–H groups in total. The summed E-state index contributed by atoms with van der Waals surface area (Å²) in [5.74, 6) is -0.337. The lowest BCUT2D eigenvalue weighted by molar-refractivity contribution is 0.0940. The van der Waals surface area contributed by atoms with Crippen molar-refractivity contribution in [2.24, 2.45) is 5.73 Å². The van der Waals surface area contributed by atoms with Crippen LogP contribution in [0.2, 0.25) is 0 Å². The van der Waals surface area contributed by atoms with E-state index >= 15 is 0 Å². The van der Waals surface area contributed by atoms with Gasteiger partial charge < -0.3 is 11.1 Å². The Morgan fingerprint density at radius 1 is 1.16 bits per heavy atom. The summed E-state index contributed by atoms with van der Waals surface area (Å²) in [5.41, 5.74) is 7.38. The van der Waals surface area contributed by atoms with E-state index in [-0.39, 0.29) is 23.4 Å². The molecule has 0 radical (unpaired) electrons. The fraction of sp³-hybridized carbons (Fsp3) is 0.278. The predicted octanol–water partition coefficient (Wildman–Crippen LogP) is 1.55. The van der Waals surface area contributed by atoms with Gasteiger partial charge in [-0.05, 0) is 37.1 Å². The van der Waals surface area contributed by atoms with Crippen molar-refractivity contribution in [1.82, 2.24) is 10.0 Å². The molecule has 2 rings (SSSR count). The zero-order chi connectivity index (χ0) is 18.4. The first-order valence-electron chi connectivity index (χ1n) is 7.98. The Labute approximate surface area is 148 Å². The second-order valence-corrected chi connectivity index (χ2v) is 7.66. The number of hydrogen-bond donors (Lipinski definition) is 3. The van der Waals surface area contributed by atoms with Gasteiger partial charge in [0.25, 0.3) is 5.91 Å². The quantitative estimate of drug-likeness (QED) is 0.696. The lowest BCUT2D eigenvalue weighted by Crippen LogP contribution is -2.38. The number of benzene rings is 2. The van der Waals surface area contributed by atoms with Gasteiger partial charge in [-0.25, -0.2) is 13.1 Å². The van der Waals surface area contributed by atoms with E-state index in [0.29, 0.717) is 17.7 Å². The normalized spacial score (nSPS) is 12.6. The molecule has 6 nitrogen and oxygen atoms in total. The molecule has 0 unspecified atom stereocenters. The third kappa shape index (κ3) is 5.12. The monoisotopic (exact) mass is 361 g/mol. The molecule has 0 saturated carbocycles. The zero-order valence-corrected chi connectivity index (χ0v) is 15.1. The molecule has 25 heavy (non-hydrogen) atoms. The number of amides is 1. The van der Waals surface area contributed by atoms with E-state index in [4.69, 9.17) is 5.73 Å². The maximum absolute atomic E-state index is 12.5. The molecule has 134 valence electrons. The summed E-state index contributed by atoms with van der Waals surface area (Å²) >= 11 is 0. The molecular formula is C18H23N3O3S. The fourth-order valence-corrected chi connectivity index (χ4v) is 3.27. The first kappa shape index (κ1) is 19.1. The van der Waals surface area contributed by atoms with Crippen LogP contribution < -0.4 is 15.8 Å². The minimum Gasteiger partial charge on any atom is -0.348 e. The Balaban J connectivity index is 2.20. The van der Waals surface area contributed by atoms with Gasteiger partial charge in [0.05, 0.1) is 4.90 Å². The number of nitrogens with one attached hydrogen (secondary N) is 2. The third-order valence-electron chi connectivity index (χ3n) is 3.80. The first-order chi connectivity index (χ1) is 11.8. The summed E-state index contributed by atoms with van der Waals surface area (Å²) < 4.78 is 27.6. The highest BCUT2D eigenvalue weighted by molar-refractivity contribution is 7.89. The van der Waals surface area contributed by atoms with Crippen LogP contribution in [0.1, 0.15) is 28.4 Å². The van der Waals surface area contributed by atoms with Crippen LogP contribution in [0.25, 0.3) is 0 Å². The molecule has 1 atom stereocenters. The molecule has 1 amide bonds. The molecule has 0 bridgehead atoms. The van der Waals surface area contributed by atoms with Crippen LogP contribution in [0.3, 0.4) is 0 Å². The zero-order valence-electron chi connectivity index (χ0n) is 14.3. The van der Waals surface area contributed by atoms with Gasteiger partial charge in [0, 0.05) is 24.7 Å². The molecule has 7 heteroatoms. The Morgan fingerprint density at radius 2 is 1.84 bits per heavy atom. The van der Waals surface area contributed by atoms with Crippen LogP contribution in [0, 0.1) is 6.92 Å². The third-order valence-corrected chi connectivity index (χ3v) is 5.20. The van der Waals surface area contributed by atoms with Crippen LogP contribution in [0.4, 0.5) is 0 Å². The van der Waals surface area contributed by atoms with Crippen molar-refractivity contribution in [1.29, 1.82) is 0 Å². The molecule has 0 aliphatic rings. The van der Waals surface area contributed by atoms with Gasteiger partial charge in [0.15, 0.2) is 0 Å². The topological polar surface area (TPSA) is 101 Å². The molecule has 0 saturated heterocycles. The van der Waals surface area contributed by atoms with Gasteiger partial charge in [-0.2, -0.15) is 0 Å². The Kier molecular flexibility index (Phi) is 6.30. The van der Waals surface area contributed by atoms with Gasteiger partial charge in [-0.1, -0.05) is 36.4 Å². The minimum absolute atomic E-state index is 0.0552. The number of carbonyl (C=O) groups is 1. The van der Waals surface area contributed by atoms with Crippen LogP contribution in [0.5, 0.6) is 0 Å². The standard InChI is InChI=1S/C18H23N3O3S/c1-13-8-9-16(10-17(13)18(22)21-14(2)11-19)25(23,24)20-12-15-6-4-3-5-7-15/h3-10,14,20H,11-12,19H2,1-2H3,(H,21,22)/t14-/m0/s1. The number of hydrogen-bond acceptors (Lipinski definition) is 4. The summed E-state index contributed by atoms with van der Waals surface area (Å²) in [7, 11) is -3.72. The van der Waals surface area contributed by atoms with E-state index in [0.717, 1.165) is 5.56 Å². The second-order valence-electron chi connectivity index (χ2n) is 5.90. The van der Waals surface area contributed by atoms with Crippen molar-refractivity contribution in [3.8, 4) is 0 Å². The average Bonchev–Trinajstić information content (AvgIpc) is 2.61. The van der Waals surface area contributed by atoms with Gasteiger partial charge in [-0.3, -0.25) is 4.79 Å². The van der Waals surface area contributed by atoms with Gasteiger partial charge in [0.1, 0.15) is 0 Å². The van der Waals surface area contributed by atoms with Crippen LogP contribution >= 0.6 is 0 Å². The predicted molar refractivity (Wildman–Crippen MR) is 97.6 cm³/mol. The van der Waals surface area contributed by atoms with Crippen molar-refractivity contribution >= 4 is 15.9 Å². The van der Waals surface area contributed by atoms with Crippen molar-refractivity contribution in [2.45, 2.75) is 31.3 Å². The second kappa shape index (κ2) is 8.24. The largest absolute Gasteiger partial charge is 0.348 e. The number of nitrogens with two attached hydrogens (primary N) is 1. The molecule has 0 aliphatic heterocycles. The number of rotatable bonds is 7. The van der Waals surface area contributed by atoms with E-state index < -0.39 is 10.0 Å². The molecule has 0 aromatic heterocycles. The Morgan fingerprint density at radius 3 is 2.48 bits per heavy atom. The van der Waals surface area contributed by atoms with Crippen molar-refractivity contribution in [3.05, 3.63) is 65.2 Å². The number of carbonyl (C=O) groups excluding carboxylic acids is 1. The van der Waals surface area contributed by atoms with Crippen molar-refractivity contribution in [3.63, 3.8) is 0 Å². The summed E-state index contributed by atoms with van der Waals surface area (Å²) in [5, 5.41) is 2.74. The lowest BCUT2D eigenvalue weighted by Gasteiger charge is -2.14. The maximum Gasteiger partial charge on any atom is 0.251 e. The van der Waals surface area contributed by atoms with E-state index in [2.05, 4.69) is 10.0 Å². The summed E-state index contributed by atoms with van der Waals surface area (Å²) in [4.78, 5) is 12.4. The van der Waals surface area contributed by atoms with Gasteiger partial charge in [-0.15, -0.1) is 0 Å². The fourth-order valence-electron chi connectivity index (χ4n) is 2.23. The van der Waals surface area contributed by atoms with E-state index in [1.165, 1.54) is 12.1 Å². The van der Waals surface area contributed by atoms with Crippen molar-refractivity contribution < 1.29 is 13.2 Å². The maximum atomic E-state index is 12.5. The highest BCUT2D eigenvalue weighted by Crippen LogP contribution is 2.16. The van der Waals surface area contributed by atoms with Crippen LogP contribution in [-0.2, 0) is 16.6 Å². The van der Waals surface area contributed by atoms with Crippen molar-refractivity contribution in [2.75, 3.05) is 6.54 Å². The Bertz CT molecular complexity index is 836. The number of sulfonamides is 1. The minimum atomic E-state index is -3.72.